The van der Waals surface area contributed by atoms with Gasteiger partial charge >= 0.3 is 0 Å². The number of nitrogens with zero attached hydrogens (tertiary/aromatic N) is 2. The summed E-state index contributed by atoms with van der Waals surface area (Å²) in [5.41, 5.74) is 1.95. The van der Waals surface area contributed by atoms with Gasteiger partial charge in [-0.05, 0) is 64.8 Å². The number of rotatable bonds is 8. The van der Waals surface area contributed by atoms with E-state index in [1.165, 1.54) is 29.2 Å². The first kappa shape index (κ1) is 26.2. The first-order valence-electron chi connectivity index (χ1n) is 10.6. The lowest BCUT2D eigenvalue weighted by Gasteiger charge is -2.15. The molecular weight excluding hydrogens is 588 g/mol. The Morgan fingerprint density at radius 2 is 1.89 bits per heavy atom. The fraction of sp³-hybridized carbons (Fsp3) is 0.120. The van der Waals surface area contributed by atoms with Gasteiger partial charge in [0.05, 0.1) is 26.6 Å². The van der Waals surface area contributed by atoms with Crippen LogP contribution in [0.15, 0.2) is 70.0 Å². The van der Waals surface area contributed by atoms with E-state index in [-0.39, 0.29) is 18.2 Å². The number of hydrogen-bond donors (Lipinski definition) is 0. The molecule has 1 amide bonds. The number of carbonyl (C=O) groups is 1. The molecule has 1 saturated heterocycles. The smallest absolute Gasteiger partial charge is 0.270 e. The monoisotopic (exact) mass is 604 g/mol. The highest BCUT2D eigenvalue weighted by Gasteiger charge is 2.33. The zero-order chi connectivity index (χ0) is 25.8. The first-order valence-corrected chi connectivity index (χ1v) is 13.0. The van der Waals surface area contributed by atoms with Crippen LogP contribution in [0.3, 0.4) is 0 Å². The third-order valence-electron chi connectivity index (χ3n) is 5.07. The Morgan fingerprint density at radius 1 is 1.17 bits per heavy atom. The summed E-state index contributed by atoms with van der Waals surface area (Å²) >= 11 is 16.4. The fourth-order valence-corrected chi connectivity index (χ4v) is 5.47. The number of carbonyl (C=O) groups excluding carboxylic acids is 1. The predicted octanol–water partition coefficient (Wildman–Crippen LogP) is 7.39. The van der Waals surface area contributed by atoms with E-state index in [2.05, 4.69) is 15.9 Å². The van der Waals surface area contributed by atoms with Crippen LogP contribution < -0.4 is 14.4 Å². The largest absolute Gasteiger partial charge is 0.490 e. The highest BCUT2D eigenvalue weighted by molar-refractivity contribution is 9.10. The average Bonchev–Trinajstić information content (AvgIpc) is 3.12. The zero-order valence-electron chi connectivity index (χ0n) is 18.8. The molecule has 0 atom stereocenters. The van der Waals surface area contributed by atoms with Crippen LogP contribution in [0.4, 0.5) is 11.4 Å². The highest BCUT2D eigenvalue weighted by Crippen LogP contribution is 2.41. The quantitative estimate of drug-likeness (QED) is 0.115. The Balaban J connectivity index is 1.59. The van der Waals surface area contributed by atoms with E-state index in [1.54, 1.807) is 18.2 Å². The van der Waals surface area contributed by atoms with Crippen LogP contribution >= 0.6 is 51.5 Å². The third kappa shape index (κ3) is 5.73. The van der Waals surface area contributed by atoms with Gasteiger partial charge in [-0.15, -0.1) is 0 Å². The number of thiocarbonyl (C=S) groups is 1. The second-order valence-electron chi connectivity index (χ2n) is 7.43. The van der Waals surface area contributed by atoms with Crippen LogP contribution in [0.2, 0.25) is 5.02 Å². The van der Waals surface area contributed by atoms with Crippen LogP contribution in [0.1, 0.15) is 18.1 Å². The fourth-order valence-electron chi connectivity index (χ4n) is 3.40. The van der Waals surface area contributed by atoms with Gasteiger partial charge in [0.25, 0.3) is 11.6 Å². The second kappa shape index (κ2) is 11.4. The molecule has 0 aliphatic carbocycles. The summed E-state index contributed by atoms with van der Waals surface area (Å²) in [5.74, 6) is 0.718. The lowest BCUT2D eigenvalue weighted by Crippen LogP contribution is -2.27. The Labute approximate surface area is 230 Å². The summed E-state index contributed by atoms with van der Waals surface area (Å²) in [6, 6.07) is 16.7. The molecule has 36 heavy (non-hydrogen) atoms. The van der Waals surface area contributed by atoms with E-state index in [0.29, 0.717) is 48.1 Å². The molecule has 0 radical (unpaired) electrons. The minimum absolute atomic E-state index is 0.0649. The first-order chi connectivity index (χ1) is 17.3. The van der Waals surface area contributed by atoms with E-state index in [0.717, 1.165) is 17.3 Å². The van der Waals surface area contributed by atoms with Crippen LogP contribution in [-0.4, -0.2) is 21.8 Å². The standard InChI is InChI=1S/C25H18BrClN2O5S2/c1-2-33-21-12-15(11-19(26)23(21)34-14-16-5-3-4-6-20(16)27)13-22-24(30)28(25(35)36-22)17-7-9-18(10-8-17)29(31)32/h3-13H,2,14H2,1H3/b22-13-. The van der Waals surface area contributed by atoms with Gasteiger partial charge in [0, 0.05) is 22.7 Å². The molecule has 1 heterocycles. The molecule has 3 aromatic rings. The lowest BCUT2D eigenvalue weighted by atomic mass is 10.1. The molecule has 0 unspecified atom stereocenters. The molecule has 7 nitrogen and oxygen atoms in total. The number of thioether (sulfide) groups is 1. The van der Waals surface area contributed by atoms with E-state index in [4.69, 9.17) is 33.3 Å². The van der Waals surface area contributed by atoms with Crippen molar-refractivity contribution in [3.8, 4) is 11.5 Å². The maximum atomic E-state index is 13.1. The second-order valence-corrected chi connectivity index (χ2v) is 10.4. The summed E-state index contributed by atoms with van der Waals surface area (Å²) in [6.45, 7) is 2.54. The van der Waals surface area contributed by atoms with Gasteiger partial charge in [0.15, 0.2) is 15.8 Å². The van der Waals surface area contributed by atoms with Crippen molar-refractivity contribution >= 4 is 79.2 Å². The number of hydrogen-bond acceptors (Lipinski definition) is 7. The molecule has 3 aromatic carbocycles. The SMILES string of the molecule is CCOc1cc(/C=C2\SC(=S)N(c3ccc([N+](=O)[O-])cc3)C2=O)cc(Br)c1OCc1ccccc1Cl. The van der Waals surface area contributed by atoms with E-state index in [9.17, 15) is 14.9 Å². The Kier molecular flexibility index (Phi) is 8.30. The third-order valence-corrected chi connectivity index (χ3v) is 7.33. The van der Waals surface area contributed by atoms with Crippen molar-refractivity contribution in [3.05, 3.63) is 96.3 Å². The number of halogens is 2. The summed E-state index contributed by atoms with van der Waals surface area (Å²) in [6.07, 6.45) is 1.72. The predicted molar refractivity (Wildman–Crippen MR) is 150 cm³/mol. The maximum absolute atomic E-state index is 13.1. The van der Waals surface area contributed by atoms with Crippen LogP contribution in [0.5, 0.6) is 11.5 Å². The van der Waals surface area contributed by atoms with Crippen LogP contribution in [0.25, 0.3) is 6.08 Å². The van der Waals surface area contributed by atoms with E-state index < -0.39 is 4.92 Å². The maximum Gasteiger partial charge on any atom is 0.270 e. The Hall–Kier alpha value is -2.92. The molecule has 1 aliphatic heterocycles. The molecule has 1 fully saturated rings. The van der Waals surface area contributed by atoms with Gasteiger partial charge in [-0.2, -0.15) is 0 Å². The molecule has 0 aromatic heterocycles. The van der Waals surface area contributed by atoms with E-state index >= 15 is 0 Å². The number of amides is 1. The molecule has 1 aliphatic rings. The number of non-ortho nitro benzene ring substituents is 1. The Bertz CT molecular complexity index is 1380. The van der Waals surface area contributed by atoms with Crippen LogP contribution in [0, 0.1) is 10.1 Å². The average molecular weight is 606 g/mol. The van der Waals surface area contributed by atoms with Crippen molar-refractivity contribution in [1.82, 2.24) is 0 Å². The van der Waals surface area contributed by atoms with Gasteiger partial charge in [-0.1, -0.05) is 53.8 Å². The minimum Gasteiger partial charge on any atom is -0.490 e. The molecule has 0 spiro atoms. The summed E-state index contributed by atoms with van der Waals surface area (Å²) in [5, 5.41) is 11.5. The van der Waals surface area contributed by atoms with Crippen molar-refractivity contribution in [2.24, 2.45) is 0 Å². The normalized spacial score (nSPS) is 14.4. The van der Waals surface area contributed by atoms with Gasteiger partial charge in [-0.3, -0.25) is 19.8 Å². The van der Waals surface area contributed by atoms with Crippen molar-refractivity contribution in [2.45, 2.75) is 13.5 Å². The number of benzene rings is 3. The van der Waals surface area contributed by atoms with Gasteiger partial charge < -0.3 is 9.47 Å². The summed E-state index contributed by atoms with van der Waals surface area (Å²) < 4.78 is 12.8. The minimum atomic E-state index is -0.496. The van der Waals surface area contributed by atoms with Crippen molar-refractivity contribution in [1.29, 1.82) is 0 Å². The van der Waals surface area contributed by atoms with Gasteiger partial charge in [-0.25, -0.2) is 0 Å². The summed E-state index contributed by atoms with van der Waals surface area (Å²) in [7, 11) is 0. The molecule has 0 saturated carbocycles. The number of anilines is 1. The molecule has 4 rings (SSSR count). The van der Waals surface area contributed by atoms with Crippen molar-refractivity contribution in [3.63, 3.8) is 0 Å². The van der Waals surface area contributed by atoms with Crippen LogP contribution in [-0.2, 0) is 11.4 Å². The molecular formula is C25H18BrClN2O5S2. The van der Waals surface area contributed by atoms with Gasteiger partial charge in [0.1, 0.15) is 6.61 Å². The number of nitro groups is 1. The van der Waals surface area contributed by atoms with Crippen molar-refractivity contribution < 1.29 is 19.2 Å². The summed E-state index contributed by atoms with van der Waals surface area (Å²) in [4.78, 5) is 25.3. The molecule has 184 valence electrons. The van der Waals surface area contributed by atoms with E-state index in [1.807, 2.05) is 31.2 Å². The lowest BCUT2D eigenvalue weighted by molar-refractivity contribution is -0.384. The van der Waals surface area contributed by atoms with Gasteiger partial charge in [0.2, 0.25) is 0 Å². The van der Waals surface area contributed by atoms with Crippen molar-refractivity contribution in [2.75, 3.05) is 11.5 Å². The molecule has 0 N–H and O–H groups in total. The molecule has 0 bridgehead atoms. The Morgan fingerprint density at radius 3 is 2.56 bits per heavy atom. The topological polar surface area (TPSA) is 81.9 Å². The molecule has 11 heteroatoms. The zero-order valence-corrected chi connectivity index (χ0v) is 22.7. The highest BCUT2D eigenvalue weighted by atomic mass is 79.9. The number of nitro benzene ring substituents is 1. The number of ether oxygens (including phenoxy) is 2.